The van der Waals surface area contributed by atoms with Gasteiger partial charge in [0.15, 0.2) is 0 Å². The second-order valence-electron chi connectivity index (χ2n) is 19.7. The standard InChI is InChI=1S/C57H90N8O14S/c1-43-41-62-48(40-46-45-12-6-7-13-47(45)63-56(46)70)44(43)18-19-54(69)61-23-25-73-27-29-75-31-33-77-35-37-79-39-38-78-36-34-76-32-30-74-28-26-72-24-22-60-53(68)16-5-3-11-20-58-51(66)15-4-2-10-21-59-52(67)17-9-8-14-50-55-49(42-80-50)64-57(71)65-55/h6-7,12-13,40-41,49-50,55,62H,2-5,8-11,14-39,42H2,1H3,(H,58,66)(H,59,67)(H,60,68)(H,61,69)(H,63,70)(H2,64,65,71)/b46-40-/t49-,50-,55-/m0/s1. The van der Waals surface area contributed by atoms with Crippen molar-refractivity contribution >= 4 is 64.7 Å². The van der Waals surface area contributed by atoms with Crippen LogP contribution in [0.4, 0.5) is 10.5 Å². The highest BCUT2D eigenvalue weighted by Crippen LogP contribution is 2.34. The van der Waals surface area contributed by atoms with Crippen LogP contribution in [-0.4, -0.2) is 196 Å². The van der Waals surface area contributed by atoms with Gasteiger partial charge in [0.2, 0.25) is 23.6 Å². The van der Waals surface area contributed by atoms with Crippen molar-refractivity contribution in [3.63, 3.8) is 0 Å². The first-order valence-electron chi connectivity index (χ1n) is 28.8. The normalized spacial score (nSPS) is 16.8. The molecule has 2 saturated heterocycles. The lowest BCUT2D eigenvalue weighted by molar-refractivity contribution is -0.122. The second kappa shape index (κ2) is 41.0. The van der Waals surface area contributed by atoms with Crippen molar-refractivity contribution in [2.75, 3.05) is 143 Å². The van der Waals surface area contributed by atoms with E-state index in [1.165, 1.54) is 0 Å². The Hall–Kier alpha value is -5.11. The number of rotatable bonds is 48. The lowest BCUT2D eigenvalue weighted by Crippen LogP contribution is -2.36. The molecule has 2 fully saturated rings. The third kappa shape index (κ3) is 27.6. The molecule has 4 heterocycles. The summed E-state index contributed by atoms with van der Waals surface area (Å²) >= 11 is 1.90. The number of hydrogen-bond acceptors (Lipinski definition) is 15. The zero-order chi connectivity index (χ0) is 56.7. The van der Waals surface area contributed by atoms with Crippen molar-refractivity contribution in [3.8, 4) is 0 Å². The molecule has 0 unspecified atom stereocenters. The number of amides is 7. The Kier molecular flexibility index (Phi) is 33.6. The number of fused-ring (bicyclic) bond motifs is 2. The predicted molar refractivity (Wildman–Crippen MR) is 306 cm³/mol. The number of carbonyl (C=O) groups excluding carboxylic acids is 6. The number of aryl methyl sites for hydroxylation is 1. The van der Waals surface area contributed by atoms with Crippen molar-refractivity contribution in [2.24, 2.45) is 0 Å². The molecule has 0 saturated carbocycles. The van der Waals surface area contributed by atoms with Gasteiger partial charge in [-0.25, -0.2) is 4.79 Å². The Morgan fingerprint density at radius 1 is 0.562 bits per heavy atom. The minimum absolute atomic E-state index is 0.0114. The summed E-state index contributed by atoms with van der Waals surface area (Å²) in [7, 11) is 0. The lowest BCUT2D eigenvalue weighted by Gasteiger charge is -2.16. The summed E-state index contributed by atoms with van der Waals surface area (Å²) in [4.78, 5) is 76.3. The Morgan fingerprint density at radius 2 is 1.02 bits per heavy atom. The predicted octanol–water partition coefficient (Wildman–Crippen LogP) is 4.19. The number of benzene rings is 1. The average molecular weight is 1140 g/mol. The van der Waals surface area contributed by atoms with Gasteiger partial charge in [-0.05, 0) is 75.1 Å². The number of nitrogens with one attached hydrogen (secondary N) is 8. The van der Waals surface area contributed by atoms with Crippen LogP contribution in [0.2, 0.25) is 0 Å². The number of unbranched alkanes of at least 4 members (excludes halogenated alkanes) is 5. The molecule has 3 atom stereocenters. The number of urea groups is 1. The van der Waals surface area contributed by atoms with E-state index in [1.807, 2.05) is 55.2 Å². The van der Waals surface area contributed by atoms with Crippen LogP contribution in [0.1, 0.15) is 106 Å². The molecule has 1 aromatic heterocycles. The summed E-state index contributed by atoms with van der Waals surface area (Å²) in [6.07, 6.45) is 13.8. The van der Waals surface area contributed by atoms with Crippen LogP contribution < -0.4 is 37.2 Å². The topological polar surface area (TPSA) is 276 Å². The Bertz CT molecular complexity index is 2170. The summed E-state index contributed by atoms with van der Waals surface area (Å²) < 4.78 is 44.3. The maximum Gasteiger partial charge on any atom is 0.315 e. The fourth-order valence-corrected chi connectivity index (χ4v) is 10.7. The zero-order valence-corrected chi connectivity index (χ0v) is 47.9. The van der Waals surface area contributed by atoms with Gasteiger partial charge in [-0.3, -0.25) is 24.0 Å². The summed E-state index contributed by atoms with van der Waals surface area (Å²) in [6.45, 7) is 11.0. The Labute approximate surface area is 476 Å². The molecule has 3 aliphatic heterocycles. The molecule has 80 heavy (non-hydrogen) atoms. The van der Waals surface area contributed by atoms with Gasteiger partial charge in [-0.15, -0.1) is 0 Å². The molecule has 7 amide bonds. The van der Waals surface area contributed by atoms with Gasteiger partial charge in [0.25, 0.3) is 5.91 Å². The van der Waals surface area contributed by atoms with Gasteiger partial charge in [0, 0.05) is 86.0 Å². The molecule has 448 valence electrons. The third-order valence-electron chi connectivity index (χ3n) is 13.5. The highest BCUT2D eigenvalue weighted by atomic mass is 32.2. The first kappa shape index (κ1) is 65.7. The van der Waals surface area contributed by atoms with Gasteiger partial charge in [0.1, 0.15) is 0 Å². The average Bonchev–Trinajstić information content (AvgIpc) is 4.24. The number of H-pyrrole nitrogens is 1. The van der Waals surface area contributed by atoms with E-state index >= 15 is 0 Å². The second-order valence-corrected chi connectivity index (χ2v) is 21.0. The van der Waals surface area contributed by atoms with Crippen LogP contribution >= 0.6 is 11.8 Å². The fourth-order valence-electron chi connectivity index (χ4n) is 9.12. The molecule has 23 heteroatoms. The molecule has 0 aliphatic carbocycles. The van der Waals surface area contributed by atoms with Gasteiger partial charge in [-0.1, -0.05) is 37.5 Å². The molecular formula is C57H90N8O14S. The lowest BCUT2D eigenvalue weighted by atomic mass is 10.0. The number of carbonyl (C=O) groups is 6. The van der Waals surface area contributed by atoms with E-state index in [-0.39, 0.29) is 47.7 Å². The van der Waals surface area contributed by atoms with Crippen molar-refractivity contribution in [1.82, 2.24) is 36.9 Å². The third-order valence-corrected chi connectivity index (χ3v) is 15.0. The molecule has 0 spiro atoms. The number of anilines is 1. The molecule has 0 bridgehead atoms. The first-order valence-corrected chi connectivity index (χ1v) is 29.9. The molecule has 22 nitrogen and oxygen atoms in total. The fraction of sp³-hybridized carbons (Fsp3) is 0.684. The van der Waals surface area contributed by atoms with E-state index < -0.39 is 0 Å². The number of aromatic nitrogens is 1. The van der Waals surface area contributed by atoms with Gasteiger partial charge < -0.3 is 80.1 Å². The van der Waals surface area contributed by atoms with Gasteiger partial charge >= 0.3 is 6.03 Å². The molecule has 1 aromatic carbocycles. The Morgan fingerprint density at radius 3 is 1.55 bits per heavy atom. The SMILES string of the molecule is Cc1c[nH]c(/C=C2\C(=O)Nc3ccccc32)c1CCC(=O)NCCOCCOCCOCCOCCOCCOCCOCCOCCNC(=O)CCCCCNC(=O)CCCCCNC(=O)CCCC[C@@H]1SC[C@@H]2NC(=O)N[C@@H]21. The van der Waals surface area contributed by atoms with Crippen LogP contribution in [0.3, 0.4) is 0 Å². The first-order chi connectivity index (χ1) is 39.2. The van der Waals surface area contributed by atoms with E-state index in [4.69, 9.17) is 37.9 Å². The number of aromatic amines is 1. The minimum Gasteiger partial charge on any atom is -0.377 e. The highest BCUT2D eigenvalue weighted by Gasteiger charge is 2.42. The number of hydrogen-bond donors (Lipinski definition) is 8. The maximum atomic E-state index is 12.6. The number of thioether (sulfide) groups is 1. The van der Waals surface area contributed by atoms with Gasteiger partial charge in [0.05, 0.1) is 123 Å². The summed E-state index contributed by atoms with van der Waals surface area (Å²) in [6, 6.07) is 7.97. The summed E-state index contributed by atoms with van der Waals surface area (Å²) in [5, 5.41) is 21.0. The molecule has 2 aromatic rings. The van der Waals surface area contributed by atoms with E-state index in [0.717, 1.165) is 91.6 Å². The van der Waals surface area contributed by atoms with Crippen LogP contribution in [0.5, 0.6) is 0 Å². The van der Waals surface area contributed by atoms with Crippen LogP contribution in [0.25, 0.3) is 11.6 Å². The van der Waals surface area contributed by atoms with E-state index in [1.54, 1.807) is 0 Å². The Balaban J connectivity index is 0.660. The van der Waals surface area contributed by atoms with E-state index in [0.29, 0.717) is 175 Å². The molecule has 3 aliphatic rings. The zero-order valence-electron chi connectivity index (χ0n) is 47.1. The van der Waals surface area contributed by atoms with Crippen molar-refractivity contribution in [2.45, 2.75) is 114 Å². The van der Waals surface area contributed by atoms with Crippen LogP contribution in [-0.2, 0) is 68.3 Å². The molecular weight excluding hydrogens is 1050 g/mol. The molecule has 8 N–H and O–H groups in total. The van der Waals surface area contributed by atoms with E-state index in [2.05, 4.69) is 42.2 Å². The van der Waals surface area contributed by atoms with Crippen LogP contribution in [0, 0.1) is 6.92 Å². The number of para-hydroxylation sites is 1. The minimum atomic E-state index is -0.139. The van der Waals surface area contributed by atoms with Crippen molar-refractivity contribution in [3.05, 3.63) is 52.8 Å². The summed E-state index contributed by atoms with van der Waals surface area (Å²) in [5.41, 5.74) is 5.15. The van der Waals surface area contributed by atoms with Crippen molar-refractivity contribution < 1.29 is 66.7 Å². The molecule has 5 rings (SSSR count). The van der Waals surface area contributed by atoms with Crippen molar-refractivity contribution in [1.29, 1.82) is 0 Å². The van der Waals surface area contributed by atoms with E-state index in [9.17, 15) is 28.8 Å². The molecule has 0 radical (unpaired) electrons. The highest BCUT2D eigenvalue weighted by molar-refractivity contribution is 8.00. The largest absolute Gasteiger partial charge is 0.377 e. The number of ether oxygens (including phenoxy) is 8. The quantitative estimate of drug-likeness (QED) is 0.0262. The van der Waals surface area contributed by atoms with Gasteiger partial charge in [-0.2, -0.15) is 11.8 Å². The maximum absolute atomic E-state index is 12.6. The summed E-state index contributed by atoms with van der Waals surface area (Å²) in [5.74, 6) is 0.844. The van der Waals surface area contributed by atoms with Crippen LogP contribution in [0.15, 0.2) is 30.5 Å². The monoisotopic (exact) mass is 1140 g/mol. The smallest absolute Gasteiger partial charge is 0.315 e.